The zero-order valence-electron chi connectivity index (χ0n) is 15.9. The first-order chi connectivity index (χ1) is 11.3. The predicted molar refractivity (Wildman–Crippen MR) is 102 cm³/mol. The molecule has 0 N–H and O–H groups in total. The van der Waals surface area contributed by atoms with Crippen molar-refractivity contribution in [1.29, 1.82) is 0 Å². The summed E-state index contributed by atoms with van der Waals surface area (Å²) in [6.07, 6.45) is 25.3. The number of Topliss-reactive ketones (excluding diaryl/α,β-unsaturated/α-hetero) is 1. The van der Waals surface area contributed by atoms with Gasteiger partial charge in [-0.25, -0.2) is 0 Å². The summed E-state index contributed by atoms with van der Waals surface area (Å²) in [4.78, 5) is 11.7. The van der Waals surface area contributed by atoms with Crippen LogP contribution in [0, 0.1) is 5.92 Å². The second kappa shape index (κ2) is 15.2. The molecule has 1 fully saturated rings. The highest BCUT2D eigenvalue weighted by molar-refractivity contribution is 5.78. The predicted octanol–water partition coefficient (Wildman–Crippen LogP) is 7.62. The van der Waals surface area contributed by atoms with Gasteiger partial charge < -0.3 is 0 Å². The molecule has 0 spiro atoms. The minimum atomic E-state index is 0.490. The molecule has 0 aromatic heterocycles. The number of carbonyl (C=O) groups excluding carboxylic acids is 1. The van der Waals surface area contributed by atoms with Gasteiger partial charge in [-0.3, -0.25) is 4.79 Å². The van der Waals surface area contributed by atoms with Gasteiger partial charge in [-0.1, -0.05) is 103 Å². The minimum Gasteiger partial charge on any atom is -0.300 e. The monoisotopic (exact) mass is 322 g/mol. The van der Waals surface area contributed by atoms with Crippen LogP contribution in [0.1, 0.15) is 129 Å². The Balaban J connectivity index is 2.24. The van der Waals surface area contributed by atoms with Crippen molar-refractivity contribution in [2.45, 2.75) is 129 Å². The van der Waals surface area contributed by atoms with E-state index in [-0.39, 0.29) is 0 Å². The normalized spacial score (nSPS) is 20.6. The van der Waals surface area contributed by atoms with Gasteiger partial charge in [0.05, 0.1) is 0 Å². The lowest BCUT2D eigenvalue weighted by atomic mass is 9.89. The zero-order valence-corrected chi connectivity index (χ0v) is 15.9. The Bertz CT molecular complexity index is 255. The van der Waals surface area contributed by atoms with Crippen LogP contribution in [-0.2, 0) is 4.79 Å². The molecule has 0 radical (unpaired) electrons. The molecule has 0 aliphatic heterocycles. The Labute approximate surface area is 146 Å². The molecule has 136 valence electrons. The summed E-state index contributed by atoms with van der Waals surface area (Å²) in [6.45, 7) is 2.11. The summed E-state index contributed by atoms with van der Waals surface area (Å²) >= 11 is 0. The van der Waals surface area contributed by atoms with Gasteiger partial charge in [-0.15, -0.1) is 0 Å². The Morgan fingerprint density at radius 2 is 1.13 bits per heavy atom. The van der Waals surface area contributed by atoms with Crippen LogP contribution < -0.4 is 0 Å². The largest absolute Gasteiger partial charge is 0.300 e. The molecule has 0 aromatic rings. The quantitative estimate of drug-likeness (QED) is 0.491. The summed E-state index contributed by atoms with van der Waals surface area (Å²) in [6, 6.07) is 0. The van der Waals surface area contributed by atoms with Crippen molar-refractivity contribution in [3.05, 3.63) is 0 Å². The molecule has 1 aliphatic rings. The van der Waals surface area contributed by atoms with Crippen LogP contribution in [0.25, 0.3) is 0 Å². The van der Waals surface area contributed by atoms with Crippen LogP contribution in [0.15, 0.2) is 0 Å². The molecule has 0 heterocycles. The first-order valence-corrected chi connectivity index (χ1v) is 10.8. The standard InChI is InChI=1S/C22H42O/c1-2-16-22(23)20-15-19-21-17-13-11-9-7-5-3-4-6-8-10-12-14-18-21/h21H,2-20H2,1H3. The fraction of sp³-hybridized carbons (Fsp3) is 0.955. The summed E-state index contributed by atoms with van der Waals surface area (Å²) in [5, 5.41) is 0. The third-order valence-electron chi connectivity index (χ3n) is 5.57. The average Bonchev–Trinajstić information content (AvgIpc) is 2.55. The average molecular weight is 323 g/mol. The minimum absolute atomic E-state index is 0.490. The van der Waals surface area contributed by atoms with Gasteiger partial charge in [-0.05, 0) is 18.8 Å². The maximum atomic E-state index is 11.7. The molecule has 1 aliphatic carbocycles. The van der Waals surface area contributed by atoms with Crippen molar-refractivity contribution >= 4 is 5.78 Å². The SMILES string of the molecule is CCCC(=O)CCCC1CCCCCCCCCCCCCC1. The lowest BCUT2D eigenvalue weighted by molar-refractivity contribution is -0.119. The summed E-state index contributed by atoms with van der Waals surface area (Å²) in [7, 11) is 0. The van der Waals surface area contributed by atoms with Gasteiger partial charge in [0.2, 0.25) is 0 Å². The third kappa shape index (κ3) is 12.7. The highest BCUT2D eigenvalue weighted by Crippen LogP contribution is 2.24. The van der Waals surface area contributed by atoms with E-state index < -0.39 is 0 Å². The Kier molecular flexibility index (Phi) is 13.7. The van der Waals surface area contributed by atoms with Crippen LogP contribution in [0.3, 0.4) is 0 Å². The van der Waals surface area contributed by atoms with Crippen LogP contribution in [0.2, 0.25) is 0 Å². The van der Waals surface area contributed by atoms with Crippen LogP contribution >= 0.6 is 0 Å². The topological polar surface area (TPSA) is 17.1 Å². The van der Waals surface area contributed by atoms with Crippen LogP contribution in [0.4, 0.5) is 0 Å². The number of carbonyl (C=O) groups is 1. The molecule has 0 aromatic carbocycles. The van der Waals surface area contributed by atoms with E-state index in [1.807, 2.05) is 0 Å². The molecular weight excluding hydrogens is 280 g/mol. The Morgan fingerprint density at radius 1 is 0.696 bits per heavy atom. The number of hydrogen-bond acceptors (Lipinski definition) is 1. The number of rotatable bonds is 6. The second-order valence-electron chi connectivity index (χ2n) is 7.87. The van der Waals surface area contributed by atoms with Crippen molar-refractivity contribution in [2.24, 2.45) is 5.92 Å². The smallest absolute Gasteiger partial charge is 0.132 e. The molecule has 23 heavy (non-hydrogen) atoms. The fourth-order valence-corrected chi connectivity index (χ4v) is 4.06. The molecule has 1 saturated carbocycles. The first kappa shape index (κ1) is 20.7. The molecule has 1 nitrogen and oxygen atoms in total. The maximum absolute atomic E-state index is 11.7. The van der Waals surface area contributed by atoms with E-state index in [4.69, 9.17) is 0 Å². The molecule has 0 amide bonds. The second-order valence-corrected chi connectivity index (χ2v) is 7.87. The highest BCUT2D eigenvalue weighted by Gasteiger charge is 2.10. The van der Waals surface area contributed by atoms with E-state index in [0.29, 0.717) is 5.78 Å². The fourth-order valence-electron chi connectivity index (χ4n) is 4.06. The molecule has 1 rings (SSSR count). The van der Waals surface area contributed by atoms with Crippen molar-refractivity contribution < 1.29 is 4.79 Å². The van der Waals surface area contributed by atoms with E-state index in [9.17, 15) is 4.79 Å². The Hall–Kier alpha value is -0.330. The van der Waals surface area contributed by atoms with Crippen molar-refractivity contribution in [1.82, 2.24) is 0 Å². The maximum Gasteiger partial charge on any atom is 0.132 e. The third-order valence-corrected chi connectivity index (χ3v) is 5.57. The van der Waals surface area contributed by atoms with Gasteiger partial charge in [0.1, 0.15) is 5.78 Å². The Morgan fingerprint density at radius 3 is 1.57 bits per heavy atom. The van der Waals surface area contributed by atoms with Crippen molar-refractivity contribution in [3.63, 3.8) is 0 Å². The molecule has 0 unspecified atom stereocenters. The molecule has 0 bridgehead atoms. The van der Waals surface area contributed by atoms with Crippen LogP contribution in [0.5, 0.6) is 0 Å². The number of hydrogen-bond donors (Lipinski definition) is 0. The molecular formula is C22H42O. The van der Waals surface area contributed by atoms with E-state index in [1.54, 1.807) is 0 Å². The van der Waals surface area contributed by atoms with Crippen molar-refractivity contribution in [2.75, 3.05) is 0 Å². The molecule has 0 saturated heterocycles. The summed E-state index contributed by atoms with van der Waals surface area (Å²) in [5.74, 6) is 1.39. The van der Waals surface area contributed by atoms with E-state index >= 15 is 0 Å². The molecule has 0 atom stereocenters. The lowest BCUT2D eigenvalue weighted by Gasteiger charge is -2.17. The van der Waals surface area contributed by atoms with Gasteiger partial charge in [-0.2, -0.15) is 0 Å². The van der Waals surface area contributed by atoms with E-state index in [2.05, 4.69) is 6.92 Å². The van der Waals surface area contributed by atoms with Gasteiger partial charge >= 0.3 is 0 Å². The molecule has 1 heteroatoms. The first-order valence-electron chi connectivity index (χ1n) is 10.8. The van der Waals surface area contributed by atoms with Crippen molar-refractivity contribution in [3.8, 4) is 0 Å². The van der Waals surface area contributed by atoms with E-state index in [1.165, 1.54) is 96.3 Å². The highest BCUT2D eigenvalue weighted by atomic mass is 16.1. The number of ketones is 1. The zero-order chi connectivity index (χ0) is 16.6. The van der Waals surface area contributed by atoms with Crippen LogP contribution in [-0.4, -0.2) is 5.78 Å². The van der Waals surface area contributed by atoms with E-state index in [0.717, 1.165) is 31.6 Å². The van der Waals surface area contributed by atoms with Gasteiger partial charge in [0.25, 0.3) is 0 Å². The lowest BCUT2D eigenvalue weighted by Crippen LogP contribution is -2.04. The van der Waals surface area contributed by atoms with Gasteiger partial charge in [0.15, 0.2) is 0 Å². The summed E-state index contributed by atoms with van der Waals surface area (Å²) < 4.78 is 0. The summed E-state index contributed by atoms with van der Waals surface area (Å²) in [5.41, 5.74) is 0. The van der Waals surface area contributed by atoms with Gasteiger partial charge in [0, 0.05) is 12.8 Å².